The molecule has 1 aliphatic heterocycles. The van der Waals surface area contributed by atoms with Gasteiger partial charge >= 0.3 is 0 Å². The van der Waals surface area contributed by atoms with Crippen LogP contribution in [0.1, 0.15) is 5.56 Å². The Morgan fingerprint density at radius 1 is 0.722 bits per heavy atom. The van der Waals surface area contributed by atoms with E-state index in [4.69, 9.17) is 9.40 Å². The van der Waals surface area contributed by atoms with Crippen LogP contribution in [0.5, 0.6) is 0 Å². The minimum Gasteiger partial charge on any atom is -0.435 e. The average molecular weight is 472 g/mol. The minimum atomic E-state index is 0.598. The van der Waals surface area contributed by atoms with Crippen molar-refractivity contribution >= 4 is 5.84 Å². The summed E-state index contributed by atoms with van der Waals surface area (Å²) in [6, 6.07) is 37.1. The molecule has 2 heterocycles. The van der Waals surface area contributed by atoms with Gasteiger partial charge in [-0.1, -0.05) is 103 Å². The van der Waals surface area contributed by atoms with Crippen LogP contribution in [0.3, 0.4) is 0 Å². The zero-order valence-electron chi connectivity index (χ0n) is 19.8. The average Bonchev–Trinajstić information content (AvgIpc) is 3.56. The lowest BCUT2D eigenvalue weighted by atomic mass is 9.97. The fourth-order valence-electron chi connectivity index (χ4n) is 4.43. The van der Waals surface area contributed by atoms with Crippen molar-refractivity contribution in [2.24, 2.45) is 5.10 Å². The molecule has 0 bridgehead atoms. The van der Waals surface area contributed by atoms with Gasteiger partial charge in [-0.2, -0.15) is 0 Å². The van der Waals surface area contributed by atoms with E-state index in [0.29, 0.717) is 12.3 Å². The summed E-state index contributed by atoms with van der Waals surface area (Å²) < 4.78 is 6.50. The molecule has 6 nitrogen and oxygen atoms in total. The minimum absolute atomic E-state index is 0.598. The third kappa shape index (κ3) is 4.37. The van der Waals surface area contributed by atoms with Crippen LogP contribution >= 0.6 is 0 Å². The van der Waals surface area contributed by atoms with E-state index in [1.807, 2.05) is 55.6 Å². The molecule has 2 N–H and O–H groups in total. The molecule has 1 aliphatic rings. The molecular formula is C30H25N5O. The van der Waals surface area contributed by atoms with Gasteiger partial charge in [0, 0.05) is 30.2 Å². The highest BCUT2D eigenvalue weighted by atomic mass is 16.4. The normalized spacial score (nSPS) is 13.2. The first kappa shape index (κ1) is 21.8. The lowest BCUT2D eigenvalue weighted by Gasteiger charge is -2.10. The van der Waals surface area contributed by atoms with Crippen molar-refractivity contribution in [3.63, 3.8) is 0 Å². The standard InChI is InChI=1S/C30H25N5O/c1-35-33-27(32-34-35)20-21-11-10-16-24(19-21)25-17-8-9-18-26(25)30-31-28(22-12-4-2-5-13-22)29(36-30)23-14-6-3-7-15-23/h2-19,34H,20H2,1H3,(H,32,33). The summed E-state index contributed by atoms with van der Waals surface area (Å²) in [7, 11) is 1.88. The Hall–Kier alpha value is -4.68. The van der Waals surface area contributed by atoms with Crippen molar-refractivity contribution < 1.29 is 4.42 Å². The Bertz CT molecular complexity index is 1470. The second kappa shape index (κ2) is 9.52. The highest BCUT2D eigenvalue weighted by Gasteiger charge is 2.20. The van der Waals surface area contributed by atoms with Crippen LogP contribution in [0, 0.1) is 0 Å². The predicted molar refractivity (Wildman–Crippen MR) is 143 cm³/mol. The second-order valence-electron chi connectivity index (χ2n) is 8.68. The lowest BCUT2D eigenvalue weighted by Crippen LogP contribution is -2.38. The number of hydrazine groups is 2. The van der Waals surface area contributed by atoms with Crippen LogP contribution in [0.15, 0.2) is 119 Å². The number of hydrogen-bond donors (Lipinski definition) is 2. The van der Waals surface area contributed by atoms with Crippen LogP contribution in [0.4, 0.5) is 0 Å². The van der Waals surface area contributed by atoms with Gasteiger partial charge in [0.05, 0.1) is 0 Å². The molecule has 0 aliphatic carbocycles. The molecule has 0 saturated heterocycles. The molecule has 5 aromatic rings. The smallest absolute Gasteiger partial charge is 0.227 e. The maximum Gasteiger partial charge on any atom is 0.227 e. The number of hydrogen-bond acceptors (Lipinski definition) is 6. The Morgan fingerprint density at radius 2 is 1.39 bits per heavy atom. The van der Waals surface area contributed by atoms with E-state index in [-0.39, 0.29) is 0 Å². The molecule has 6 rings (SSSR count). The molecule has 4 aromatic carbocycles. The summed E-state index contributed by atoms with van der Waals surface area (Å²) in [6.45, 7) is 0. The Morgan fingerprint density at radius 3 is 2.11 bits per heavy atom. The maximum absolute atomic E-state index is 6.50. The van der Waals surface area contributed by atoms with Crippen LogP contribution < -0.4 is 11.0 Å². The quantitative estimate of drug-likeness (QED) is 0.311. The van der Waals surface area contributed by atoms with Crippen molar-refractivity contribution in [2.45, 2.75) is 6.42 Å². The molecule has 0 radical (unpaired) electrons. The van der Waals surface area contributed by atoms with Crippen LogP contribution in [-0.2, 0) is 6.42 Å². The first-order valence-corrected chi connectivity index (χ1v) is 11.9. The number of oxazole rings is 1. The number of benzene rings is 4. The third-order valence-electron chi connectivity index (χ3n) is 6.11. The molecule has 6 heteroatoms. The van der Waals surface area contributed by atoms with Gasteiger partial charge < -0.3 is 4.42 Å². The van der Waals surface area contributed by atoms with Gasteiger partial charge in [0.15, 0.2) is 5.76 Å². The summed E-state index contributed by atoms with van der Waals surface area (Å²) >= 11 is 0. The van der Waals surface area contributed by atoms with Crippen molar-refractivity contribution in [2.75, 3.05) is 7.05 Å². The molecule has 0 atom stereocenters. The van der Waals surface area contributed by atoms with Crippen LogP contribution in [-0.4, -0.2) is 23.0 Å². The number of nitrogens with zero attached hydrogens (tertiary/aromatic N) is 3. The van der Waals surface area contributed by atoms with Crippen molar-refractivity contribution in [3.05, 3.63) is 115 Å². The number of hydrazone groups is 1. The molecule has 36 heavy (non-hydrogen) atoms. The van der Waals surface area contributed by atoms with E-state index >= 15 is 0 Å². The molecule has 1 aromatic heterocycles. The largest absolute Gasteiger partial charge is 0.435 e. The van der Waals surface area contributed by atoms with E-state index in [0.717, 1.165) is 50.7 Å². The van der Waals surface area contributed by atoms with Crippen molar-refractivity contribution in [1.82, 2.24) is 21.1 Å². The summed E-state index contributed by atoms with van der Waals surface area (Å²) in [5.74, 6) is 2.24. The molecule has 0 fully saturated rings. The summed E-state index contributed by atoms with van der Waals surface area (Å²) in [5.41, 5.74) is 13.2. The number of rotatable bonds is 6. The van der Waals surface area contributed by atoms with Crippen LogP contribution in [0.25, 0.3) is 45.2 Å². The SMILES string of the molecule is CN1NN=C(Cc2cccc(-c3ccccc3-c3nc(-c4ccccc4)c(-c4ccccc4)o3)c2)N1. The molecular weight excluding hydrogens is 446 g/mol. The summed E-state index contributed by atoms with van der Waals surface area (Å²) in [6.07, 6.45) is 0.697. The summed E-state index contributed by atoms with van der Waals surface area (Å²) in [5, 5.41) is 6.03. The topological polar surface area (TPSA) is 65.7 Å². The van der Waals surface area contributed by atoms with Gasteiger partial charge in [0.25, 0.3) is 0 Å². The number of nitrogens with one attached hydrogen (secondary N) is 2. The highest BCUT2D eigenvalue weighted by Crippen LogP contribution is 2.39. The van der Waals surface area contributed by atoms with Crippen molar-refractivity contribution in [1.29, 1.82) is 0 Å². The summed E-state index contributed by atoms with van der Waals surface area (Å²) in [4.78, 5) is 5.02. The van der Waals surface area contributed by atoms with Gasteiger partial charge in [-0.15, -0.1) is 10.2 Å². The van der Waals surface area contributed by atoms with Gasteiger partial charge in [0.2, 0.25) is 5.89 Å². The Kier molecular flexibility index (Phi) is 5.77. The fraction of sp³-hybridized carbons (Fsp3) is 0.0667. The van der Waals surface area contributed by atoms with Crippen molar-refractivity contribution in [3.8, 4) is 45.2 Å². The van der Waals surface area contributed by atoms with E-state index in [1.54, 1.807) is 5.12 Å². The maximum atomic E-state index is 6.50. The Balaban J connectivity index is 1.43. The number of aromatic nitrogens is 1. The molecule has 176 valence electrons. The monoisotopic (exact) mass is 471 g/mol. The second-order valence-corrected chi connectivity index (χ2v) is 8.68. The molecule has 0 spiro atoms. The zero-order valence-corrected chi connectivity index (χ0v) is 19.8. The van der Waals surface area contributed by atoms with Crippen LogP contribution in [0.2, 0.25) is 0 Å². The van der Waals surface area contributed by atoms with E-state index in [1.165, 1.54) is 0 Å². The van der Waals surface area contributed by atoms with Gasteiger partial charge in [-0.3, -0.25) is 5.43 Å². The first-order chi connectivity index (χ1) is 17.7. The predicted octanol–water partition coefficient (Wildman–Crippen LogP) is 6.15. The van der Waals surface area contributed by atoms with Gasteiger partial charge in [0.1, 0.15) is 11.5 Å². The zero-order chi connectivity index (χ0) is 24.3. The number of amidine groups is 1. The lowest BCUT2D eigenvalue weighted by molar-refractivity contribution is 0.231. The highest BCUT2D eigenvalue weighted by molar-refractivity contribution is 5.86. The fourth-order valence-corrected chi connectivity index (χ4v) is 4.43. The molecule has 0 unspecified atom stereocenters. The first-order valence-electron chi connectivity index (χ1n) is 11.9. The molecule has 0 saturated carbocycles. The van der Waals surface area contributed by atoms with E-state index in [9.17, 15) is 0 Å². The molecule has 0 amide bonds. The van der Waals surface area contributed by atoms with Gasteiger partial charge in [-0.25, -0.2) is 10.5 Å². The third-order valence-corrected chi connectivity index (χ3v) is 6.11. The Labute approximate surface area is 209 Å². The van der Waals surface area contributed by atoms with E-state index in [2.05, 4.69) is 76.7 Å². The van der Waals surface area contributed by atoms with E-state index < -0.39 is 0 Å². The van der Waals surface area contributed by atoms with Gasteiger partial charge in [-0.05, 0) is 22.8 Å².